The lowest BCUT2D eigenvalue weighted by Crippen LogP contribution is -2.33. The Morgan fingerprint density at radius 1 is 1.07 bits per heavy atom. The van der Waals surface area contributed by atoms with E-state index in [0.717, 1.165) is 0 Å². The average Bonchev–Trinajstić information content (AvgIpc) is 2.62. The number of amides is 2. The zero-order chi connectivity index (χ0) is 21.1. The van der Waals surface area contributed by atoms with E-state index in [2.05, 4.69) is 10.6 Å². The molecule has 0 aromatic heterocycles. The van der Waals surface area contributed by atoms with Gasteiger partial charge in [-0.05, 0) is 50.2 Å². The SMILES string of the molecule is CC(=O)Nc1ccc(NC(=O)c2cccc(S(=O)(=O)N(C)C(C)C)c2)c(Cl)c1. The van der Waals surface area contributed by atoms with Crippen molar-refractivity contribution >= 4 is 44.8 Å². The zero-order valence-corrected chi connectivity index (χ0v) is 17.6. The van der Waals surface area contributed by atoms with Crippen molar-refractivity contribution in [3.05, 3.63) is 53.1 Å². The molecule has 2 aromatic rings. The number of nitrogens with zero attached hydrogens (tertiary/aromatic N) is 1. The summed E-state index contributed by atoms with van der Waals surface area (Å²) in [5.74, 6) is -0.740. The lowest BCUT2D eigenvalue weighted by atomic mass is 10.2. The van der Waals surface area contributed by atoms with Crippen LogP contribution in [0.3, 0.4) is 0 Å². The molecule has 150 valence electrons. The fourth-order valence-electron chi connectivity index (χ4n) is 2.33. The van der Waals surface area contributed by atoms with Gasteiger partial charge >= 0.3 is 0 Å². The fourth-order valence-corrected chi connectivity index (χ4v) is 3.98. The molecule has 0 heterocycles. The molecule has 0 radical (unpaired) electrons. The van der Waals surface area contributed by atoms with Gasteiger partial charge in [0.2, 0.25) is 15.9 Å². The van der Waals surface area contributed by atoms with Crippen LogP contribution in [0.1, 0.15) is 31.1 Å². The number of hydrogen-bond acceptors (Lipinski definition) is 4. The minimum atomic E-state index is -3.71. The average molecular weight is 424 g/mol. The van der Waals surface area contributed by atoms with Crippen molar-refractivity contribution in [1.29, 1.82) is 0 Å². The molecule has 7 nitrogen and oxygen atoms in total. The molecule has 2 amide bonds. The number of hydrogen-bond donors (Lipinski definition) is 2. The van der Waals surface area contributed by atoms with Gasteiger partial charge in [-0.1, -0.05) is 17.7 Å². The fraction of sp³-hybridized carbons (Fsp3) is 0.263. The topological polar surface area (TPSA) is 95.6 Å². The van der Waals surface area contributed by atoms with Gasteiger partial charge in [-0.25, -0.2) is 8.42 Å². The first kappa shape index (κ1) is 21.9. The third-order valence-corrected chi connectivity index (χ3v) is 6.38. The lowest BCUT2D eigenvalue weighted by Gasteiger charge is -2.21. The van der Waals surface area contributed by atoms with Crippen molar-refractivity contribution in [3.8, 4) is 0 Å². The highest BCUT2D eigenvalue weighted by molar-refractivity contribution is 7.89. The summed E-state index contributed by atoms with van der Waals surface area (Å²) in [7, 11) is -2.22. The van der Waals surface area contributed by atoms with Crippen molar-refractivity contribution in [3.63, 3.8) is 0 Å². The molecule has 0 spiro atoms. The molecular formula is C19H22ClN3O4S. The molecular weight excluding hydrogens is 402 g/mol. The number of sulfonamides is 1. The standard InChI is InChI=1S/C19H22ClN3O4S/c1-12(2)23(4)28(26,27)16-7-5-6-14(10-16)19(25)22-18-9-8-15(11-17(18)20)21-13(3)24/h5-12H,1-4H3,(H,21,24)(H,22,25). The molecule has 0 saturated carbocycles. The maximum atomic E-state index is 12.6. The monoisotopic (exact) mass is 423 g/mol. The Kier molecular flexibility index (Phi) is 6.82. The van der Waals surface area contributed by atoms with E-state index in [4.69, 9.17) is 11.6 Å². The third-order valence-electron chi connectivity index (χ3n) is 4.04. The van der Waals surface area contributed by atoms with Gasteiger partial charge in [0, 0.05) is 31.3 Å². The van der Waals surface area contributed by atoms with Crippen LogP contribution < -0.4 is 10.6 Å². The zero-order valence-electron chi connectivity index (χ0n) is 16.0. The molecule has 0 atom stereocenters. The molecule has 0 bridgehead atoms. The molecule has 0 unspecified atom stereocenters. The summed E-state index contributed by atoms with van der Waals surface area (Å²) in [5.41, 5.74) is 1.02. The van der Waals surface area contributed by atoms with Gasteiger partial charge in [0.15, 0.2) is 0 Å². The Labute approximate surface area is 169 Å². The predicted octanol–water partition coefficient (Wildman–Crippen LogP) is 3.58. The highest BCUT2D eigenvalue weighted by Crippen LogP contribution is 2.26. The third kappa shape index (κ3) is 5.09. The second kappa shape index (κ2) is 8.72. The number of anilines is 2. The van der Waals surface area contributed by atoms with Crippen LogP contribution in [0.25, 0.3) is 0 Å². The second-order valence-electron chi connectivity index (χ2n) is 6.47. The van der Waals surface area contributed by atoms with Crippen molar-refractivity contribution < 1.29 is 18.0 Å². The van der Waals surface area contributed by atoms with Gasteiger partial charge in [0.25, 0.3) is 5.91 Å². The van der Waals surface area contributed by atoms with Crippen LogP contribution in [0.4, 0.5) is 11.4 Å². The van der Waals surface area contributed by atoms with Gasteiger partial charge in [-0.2, -0.15) is 4.31 Å². The van der Waals surface area contributed by atoms with Crippen LogP contribution in [0.2, 0.25) is 5.02 Å². The number of benzene rings is 2. The van der Waals surface area contributed by atoms with Gasteiger partial charge in [0.05, 0.1) is 15.6 Å². The summed E-state index contributed by atoms with van der Waals surface area (Å²) in [5, 5.41) is 5.48. The molecule has 2 aromatic carbocycles. The minimum absolute atomic E-state index is 0.0310. The molecule has 0 aliphatic rings. The summed E-state index contributed by atoms with van der Waals surface area (Å²) in [6.07, 6.45) is 0. The van der Waals surface area contributed by atoms with Gasteiger partial charge in [0.1, 0.15) is 0 Å². The van der Waals surface area contributed by atoms with E-state index in [1.165, 1.54) is 48.6 Å². The van der Waals surface area contributed by atoms with Crippen LogP contribution >= 0.6 is 11.6 Å². The molecule has 0 aliphatic heterocycles. The molecule has 0 saturated heterocycles. The lowest BCUT2D eigenvalue weighted by molar-refractivity contribution is -0.114. The Bertz CT molecular complexity index is 1010. The first-order valence-electron chi connectivity index (χ1n) is 8.49. The molecule has 0 fully saturated rings. The largest absolute Gasteiger partial charge is 0.326 e. The van der Waals surface area contributed by atoms with Gasteiger partial charge < -0.3 is 10.6 Å². The van der Waals surface area contributed by atoms with E-state index in [-0.39, 0.29) is 27.4 Å². The van der Waals surface area contributed by atoms with Crippen molar-refractivity contribution in [2.24, 2.45) is 0 Å². The second-order valence-corrected chi connectivity index (χ2v) is 8.88. The normalized spacial score (nSPS) is 11.5. The smallest absolute Gasteiger partial charge is 0.255 e. The van der Waals surface area contributed by atoms with Gasteiger partial charge in [-0.3, -0.25) is 9.59 Å². The quantitative estimate of drug-likeness (QED) is 0.742. The predicted molar refractivity (Wildman–Crippen MR) is 110 cm³/mol. The van der Waals surface area contributed by atoms with Crippen LogP contribution in [-0.2, 0) is 14.8 Å². The molecule has 2 N–H and O–H groups in total. The summed E-state index contributed by atoms with van der Waals surface area (Å²) in [4.78, 5) is 23.7. The number of carbonyl (C=O) groups is 2. The van der Waals surface area contributed by atoms with Crippen molar-refractivity contribution in [2.45, 2.75) is 31.7 Å². The number of rotatable bonds is 6. The Morgan fingerprint density at radius 2 is 1.75 bits per heavy atom. The number of carbonyl (C=O) groups excluding carboxylic acids is 2. The molecule has 28 heavy (non-hydrogen) atoms. The Balaban J connectivity index is 2.25. The molecule has 9 heteroatoms. The van der Waals surface area contributed by atoms with E-state index in [9.17, 15) is 18.0 Å². The summed E-state index contributed by atoms with van der Waals surface area (Å²) in [6.45, 7) is 4.91. The number of halogens is 1. The van der Waals surface area contributed by atoms with E-state index >= 15 is 0 Å². The first-order chi connectivity index (χ1) is 13.0. The van der Waals surface area contributed by atoms with Crippen LogP contribution in [-0.4, -0.2) is 37.6 Å². The summed E-state index contributed by atoms with van der Waals surface area (Å²) >= 11 is 6.16. The summed E-state index contributed by atoms with van der Waals surface area (Å²) in [6, 6.07) is 10.2. The summed E-state index contributed by atoms with van der Waals surface area (Å²) < 4.78 is 26.5. The van der Waals surface area contributed by atoms with Crippen LogP contribution in [0, 0.1) is 0 Å². The highest BCUT2D eigenvalue weighted by atomic mass is 35.5. The molecule has 2 rings (SSSR count). The maximum absolute atomic E-state index is 12.6. The molecule has 0 aliphatic carbocycles. The van der Waals surface area contributed by atoms with E-state index < -0.39 is 15.9 Å². The van der Waals surface area contributed by atoms with E-state index in [1.807, 2.05) is 0 Å². The van der Waals surface area contributed by atoms with Crippen LogP contribution in [0.5, 0.6) is 0 Å². The van der Waals surface area contributed by atoms with E-state index in [0.29, 0.717) is 11.4 Å². The van der Waals surface area contributed by atoms with Gasteiger partial charge in [-0.15, -0.1) is 0 Å². The van der Waals surface area contributed by atoms with E-state index in [1.54, 1.807) is 26.0 Å². The highest BCUT2D eigenvalue weighted by Gasteiger charge is 2.24. The Morgan fingerprint density at radius 3 is 2.32 bits per heavy atom. The minimum Gasteiger partial charge on any atom is -0.326 e. The Hall–Kier alpha value is -2.42. The first-order valence-corrected chi connectivity index (χ1v) is 10.3. The maximum Gasteiger partial charge on any atom is 0.255 e. The van der Waals surface area contributed by atoms with Crippen molar-refractivity contribution in [1.82, 2.24) is 4.31 Å². The van der Waals surface area contributed by atoms with Crippen LogP contribution in [0.15, 0.2) is 47.4 Å². The van der Waals surface area contributed by atoms with Crippen molar-refractivity contribution in [2.75, 3.05) is 17.7 Å². The number of nitrogens with one attached hydrogen (secondary N) is 2.